The molecule has 3 heteroatoms. The SMILES string of the molecule is C[C@@H](NCC(=O)N[C@H](C)c1cccc2ccccc12)c1ccccc1. The van der Waals surface area contributed by atoms with Crippen LogP contribution in [0.3, 0.4) is 0 Å². The van der Waals surface area contributed by atoms with E-state index in [1.807, 2.05) is 43.3 Å². The number of amides is 1. The van der Waals surface area contributed by atoms with Crippen LogP contribution in [0.15, 0.2) is 72.8 Å². The van der Waals surface area contributed by atoms with Crippen LogP contribution >= 0.6 is 0 Å². The smallest absolute Gasteiger partial charge is 0.234 e. The Labute approximate surface area is 149 Å². The van der Waals surface area contributed by atoms with Crippen molar-refractivity contribution in [3.63, 3.8) is 0 Å². The first-order valence-corrected chi connectivity index (χ1v) is 8.70. The maximum absolute atomic E-state index is 12.3. The number of carbonyl (C=O) groups excluding carboxylic acids is 1. The van der Waals surface area contributed by atoms with Gasteiger partial charge in [-0.15, -0.1) is 0 Å². The van der Waals surface area contributed by atoms with Crippen LogP contribution in [0.5, 0.6) is 0 Å². The van der Waals surface area contributed by atoms with Crippen LogP contribution in [-0.2, 0) is 4.79 Å². The lowest BCUT2D eigenvalue weighted by Gasteiger charge is -2.18. The highest BCUT2D eigenvalue weighted by molar-refractivity contribution is 5.87. The average molecular weight is 332 g/mol. The molecular weight excluding hydrogens is 308 g/mol. The normalized spacial score (nSPS) is 13.4. The van der Waals surface area contributed by atoms with Gasteiger partial charge >= 0.3 is 0 Å². The number of hydrogen-bond acceptors (Lipinski definition) is 2. The molecule has 3 aromatic carbocycles. The molecule has 0 aromatic heterocycles. The summed E-state index contributed by atoms with van der Waals surface area (Å²) in [5, 5.41) is 8.75. The lowest BCUT2D eigenvalue weighted by molar-refractivity contribution is -0.121. The second kappa shape index (κ2) is 7.95. The molecular formula is C22H24N2O. The molecule has 1 amide bonds. The summed E-state index contributed by atoms with van der Waals surface area (Å²) in [6, 6.07) is 24.7. The average Bonchev–Trinajstić information content (AvgIpc) is 2.66. The Morgan fingerprint density at radius 2 is 1.52 bits per heavy atom. The van der Waals surface area contributed by atoms with Crippen molar-refractivity contribution in [2.45, 2.75) is 25.9 Å². The van der Waals surface area contributed by atoms with Gasteiger partial charge in [-0.25, -0.2) is 0 Å². The van der Waals surface area contributed by atoms with Gasteiger partial charge in [-0.2, -0.15) is 0 Å². The molecule has 0 aliphatic heterocycles. The molecule has 3 rings (SSSR count). The number of carbonyl (C=O) groups is 1. The molecule has 0 saturated carbocycles. The van der Waals surface area contributed by atoms with E-state index in [0.29, 0.717) is 6.54 Å². The molecule has 0 bridgehead atoms. The highest BCUT2D eigenvalue weighted by atomic mass is 16.1. The van der Waals surface area contributed by atoms with Gasteiger partial charge in [0.2, 0.25) is 5.91 Å². The number of benzene rings is 3. The third kappa shape index (κ3) is 4.25. The van der Waals surface area contributed by atoms with Crippen LogP contribution in [0, 0.1) is 0 Å². The molecule has 25 heavy (non-hydrogen) atoms. The van der Waals surface area contributed by atoms with Crippen molar-refractivity contribution in [2.24, 2.45) is 0 Å². The monoisotopic (exact) mass is 332 g/mol. The number of nitrogens with one attached hydrogen (secondary N) is 2. The zero-order valence-corrected chi connectivity index (χ0v) is 14.7. The van der Waals surface area contributed by atoms with Crippen LogP contribution in [0.4, 0.5) is 0 Å². The van der Waals surface area contributed by atoms with Gasteiger partial charge in [-0.1, -0.05) is 72.8 Å². The van der Waals surface area contributed by atoms with Gasteiger partial charge < -0.3 is 10.6 Å². The predicted molar refractivity (Wildman–Crippen MR) is 103 cm³/mol. The van der Waals surface area contributed by atoms with E-state index in [1.54, 1.807) is 0 Å². The lowest BCUT2D eigenvalue weighted by Crippen LogP contribution is -2.36. The van der Waals surface area contributed by atoms with Crippen molar-refractivity contribution >= 4 is 16.7 Å². The van der Waals surface area contributed by atoms with Gasteiger partial charge in [0, 0.05) is 6.04 Å². The summed E-state index contributed by atoms with van der Waals surface area (Å²) in [4.78, 5) is 12.3. The van der Waals surface area contributed by atoms with E-state index in [-0.39, 0.29) is 18.0 Å². The summed E-state index contributed by atoms with van der Waals surface area (Å²) in [7, 11) is 0. The Morgan fingerprint density at radius 1 is 0.840 bits per heavy atom. The maximum Gasteiger partial charge on any atom is 0.234 e. The van der Waals surface area contributed by atoms with Gasteiger partial charge in [-0.3, -0.25) is 4.79 Å². The van der Waals surface area contributed by atoms with Crippen molar-refractivity contribution in [3.8, 4) is 0 Å². The lowest BCUT2D eigenvalue weighted by atomic mass is 10.00. The van der Waals surface area contributed by atoms with Crippen LogP contribution in [0.25, 0.3) is 10.8 Å². The molecule has 0 unspecified atom stereocenters. The molecule has 0 heterocycles. The van der Waals surface area contributed by atoms with E-state index in [9.17, 15) is 4.79 Å². The van der Waals surface area contributed by atoms with Crippen molar-refractivity contribution < 1.29 is 4.79 Å². The van der Waals surface area contributed by atoms with E-state index in [2.05, 4.69) is 54.0 Å². The number of rotatable bonds is 6. The number of fused-ring (bicyclic) bond motifs is 1. The second-order valence-electron chi connectivity index (χ2n) is 6.37. The van der Waals surface area contributed by atoms with E-state index in [4.69, 9.17) is 0 Å². The molecule has 2 N–H and O–H groups in total. The molecule has 2 atom stereocenters. The Balaban J connectivity index is 1.61. The standard InChI is InChI=1S/C22H24N2O/c1-16(18-9-4-3-5-10-18)23-15-22(25)24-17(2)20-14-8-12-19-11-6-7-13-21(19)20/h3-14,16-17,23H,15H2,1-2H3,(H,24,25)/t16-,17-/m1/s1. The maximum atomic E-state index is 12.3. The predicted octanol–water partition coefficient (Wildman–Crippen LogP) is 4.37. The first-order valence-electron chi connectivity index (χ1n) is 8.70. The van der Waals surface area contributed by atoms with E-state index in [0.717, 1.165) is 5.56 Å². The Morgan fingerprint density at radius 3 is 2.32 bits per heavy atom. The largest absolute Gasteiger partial charge is 0.348 e. The molecule has 3 nitrogen and oxygen atoms in total. The topological polar surface area (TPSA) is 41.1 Å². The second-order valence-corrected chi connectivity index (χ2v) is 6.37. The van der Waals surface area contributed by atoms with Gasteiger partial charge in [-0.05, 0) is 35.7 Å². The van der Waals surface area contributed by atoms with Gasteiger partial charge in [0.15, 0.2) is 0 Å². The molecule has 0 fully saturated rings. The fourth-order valence-electron chi connectivity index (χ4n) is 3.10. The Hall–Kier alpha value is -2.65. The third-order valence-electron chi connectivity index (χ3n) is 4.54. The van der Waals surface area contributed by atoms with Crippen molar-refractivity contribution in [3.05, 3.63) is 83.9 Å². The number of hydrogen-bond donors (Lipinski definition) is 2. The molecule has 0 saturated heterocycles. The first kappa shape index (κ1) is 17.2. The zero-order chi connectivity index (χ0) is 17.6. The highest BCUT2D eigenvalue weighted by Crippen LogP contribution is 2.23. The molecule has 0 aliphatic carbocycles. The molecule has 3 aromatic rings. The minimum atomic E-state index is -0.0348. The van der Waals surface area contributed by atoms with E-state index in [1.165, 1.54) is 16.3 Å². The third-order valence-corrected chi connectivity index (χ3v) is 4.54. The van der Waals surface area contributed by atoms with Gasteiger partial charge in [0.05, 0.1) is 12.6 Å². The van der Waals surface area contributed by atoms with Crippen LogP contribution in [0.1, 0.15) is 37.1 Å². The summed E-state index contributed by atoms with van der Waals surface area (Å²) >= 11 is 0. The fraction of sp³-hybridized carbons (Fsp3) is 0.227. The minimum Gasteiger partial charge on any atom is -0.348 e. The molecule has 128 valence electrons. The molecule has 0 aliphatic rings. The van der Waals surface area contributed by atoms with Gasteiger partial charge in [0.1, 0.15) is 0 Å². The zero-order valence-electron chi connectivity index (χ0n) is 14.7. The van der Waals surface area contributed by atoms with Crippen LogP contribution < -0.4 is 10.6 Å². The van der Waals surface area contributed by atoms with Crippen LogP contribution in [-0.4, -0.2) is 12.5 Å². The van der Waals surface area contributed by atoms with E-state index >= 15 is 0 Å². The summed E-state index contributed by atoms with van der Waals surface area (Å²) in [5.41, 5.74) is 2.32. The summed E-state index contributed by atoms with van der Waals surface area (Å²) in [6.07, 6.45) is 0. The summed E-state index contributed by atoms with van der Waals surface area (Å²) in [6.45, 7) is 4.39. The highest BCUT2D eigenvalue weighted by Gasteiger charge is 2.13. The minimum absolute atomic E-state index is 0.00298. The van der Waals surface area contributed by atoms with Crippen molar-refractivity contribution in [2.75, 3.05) is 6.54 Å². The van der Waals surface area contributed by atoms with Crippen molar-refractivity contribution in [1.82, 2.24) is 10.6 Å². The first-order chi connectivity index (χ1) is 12.1. The summed E-state index contributed by atoms with van der Waals surface area (Å²) in [5.74, 6) is 0.00298. The van der Waals surface area contributed by atoms with E-state index < -0.39 is 0 Å². The van der Waals surface area contributed by atoms with Gasteiger partial charge in [0.25, 0.3) is 0 Å². The molecule has 0 radical (unpaired) electrons. The van der Waals surface area contributed by atoms with Crippen molar-refractivity contribution in [1.29, 1.82) is 0 Å². The van der Waals surface area contributed by atoms with Crippen LogP contribution in [0.2, 0.25) is 0 Å². The Kier molecular flexibility index (Phi) is 5.46. The fourth-order valence-corrected chi connectivity index (χ4v) is 3.10. The summed E-state index contributed by atoms with van der Waals surface area (Å²) < 4.78 is 0. The molecule has 0 spiro atoms. The quantitative estimate of drug-likeness (QED) is 0.704. The Bertz CT molecular complexity index is 840.